The van der Waals surface area contributed by atoms with Gasteiger partial charge >= 0.3 is 0 Å². The number of hydrogen-bond donors (Lipinski definition) is 1. The van der Waals surface area contributed by atoms with Crippen molar-refractivity contribution in [2.24, 2.45) is 0 Å². The van der Waals surface area contributed by atoms with Crippen molar-refractivity contribution in [3.8, 4) is 0 Å². The average molecular weight is 235 g/mol. The van der Waals surface area contributed by atoms with Crippen LogP contribution in [0.1, 0.15) is 26.3 Å². The number of nitrogens with two attached hydrogens (primary N) is 1. The van der Waals surface area contributed by atoms with Crippen LogP contribution in [0, 0.1) is 0 Å². The van der Waals surface area contributed by atoms with Crippen molar-refractivity contribution in [2.45, 2.75) is 26.2 Å². The molecule has 0 amide bonds. The predicted octanol–water partition coefficient (Wildman–Crippen LogP) is 3.77. The molecule has 3 heteroatoms. The molecule has 0 radical (unpaired) electrons. The van der Waals surface area contributed by atoms with Gasteiger partial charge in [-0.25, -0.2) is 4.98 Å². The number of anilines is 1. The van der Waals surface area contributed by atoms with Gasteiger partial charge in [-0.1, -0.05) is 38.4 Å². The first-order valence-electron chi connectivity index (χ1n) is 5.24. The fraction of sp³-hybridized carbons (Fsp3) is 0.308. The lowest BCUT2D eigenvalue weighted by Gasteiger charge is -2.21. The van der Waals surface area contributed by atoms with Crippen molar-refractivity contribution >= 4 is 28.2 Å². The van der Waals surface area contributed by atoms with Crippen LogP contribution in [0.3, 0.4) is 0 Å². The van der Waals surface area contributed by atoms with Gasteiger partial charge in [0.15, 0.2) is 0 Å². The van der Waals surface area contributed by atoms with Crippen LogP contribution in [0.25, 0.3) is 10.8 Å². The van der Waals surface area contributed by atoms with E-state index in [1.54, 1.807) is 6.20 Å². The van der Waals surface area contributed by atoms with Crippen molar-refractivity contribution in [3.63, 3.8) is 0 Å². The van der Waals surface area contributed by atoms with E-state index in [2.05, 4.69) is 31.8 Å². The van der Waals surface area contributed by atoms with Gasteiger partial charge in [0, 0.05) is 16.6 Å². The Balaban J connectivity index is 2.86. The Morgan fingerprint density at radius 2 is 1.88 bits per heavy atom. The van der Waals surface area contributed by atoms with E-state index < -0.39 is 0 Å². The van der Waals surface area contributed by atoms with Crippen LogP contribution < -0.4 is 5.73 Å². The number of halogens is 1. The van der Waals surface area contributed by atoms with E-state index in [4.69, 9.17) is 17.3 Å². The number of aromatic nitrogens is 1. The number of nitrogen functional groups attached to an aromatic ring is 1. The molecule has 0 atom stereocenters. The predicted molar refractivity (Wildman–Crippen MR) is 69.9 cm³/mol. The smallest absolute Gasteiger partial charge is 0.123 e. The number of benzene rings is 1. The third-order valence-electron chi connectivity index (χ3n) is 2.68. The first-order chi connectivity index (χ1) is 7.39. The van der Waals surface area contributed by atoms with Crippen molar-refractivity contribution in [3.05, 3.63) is 35.0 Å². The second kappa shape index (κ2) is 3.63. The maximum absolute atomic E-state index is 6.15. The Bertz CT molecular complexity index is 541. The van der Waals surface area contributed by atoms with Gasteiger partial charge < -0.3 is 5.73 Å². The number of nitrogens with zero attached hydrogens (tertiary/aromatic N) is 1. The van der Waals surface area contributed by atoms with Crippen molar-refractivity contribution in [1.82, 2.24) is 4.98 Å². The zero-order chi connectivity index (χ0) is 11.9. The Labute approximate surface area is 100 Å². The van der Waals surface area contributed by atoms with Crippen molar-refractivity contribution in [1.29, 1.82) is 0 Å². The highest BCUT2D eigenvalue weighted by atomic mass is 35.5. The Morgan fingerprint density at radius 1 is 1.19 bits per heavy atom. The van der Waals surface area contributed by atoms with Gasteiger partial charge in [0.1, 0.15) is 5.82 Å². The molecular weight excluding hydrogens is 220 g/mol. The van der Waals surface area contributed by atoms with E-state index in [-0.39, 0.29) is 5.41 Å². The van der Waals surface area contributed by atoms with Crippen LogP contribution >= 0.6 is 11.6 Å². The Morgan fingerprint density at radius 3 is 2.50 bits per heavy atom. The highest BCUT2D eigenvalue weighted by molar-refractivity contribution is 6.35. The second-order valence-corrected chi connectivity index (χ2v) is 5.41. The summed E-state index contributed by atoms with van der Waals surface area (Å²) in [4.78, 5) is 4.08. The summed E-state index contributed by atoms with van der Waals surface area (Å²) in [5, 5.41) is 2.77. The minimum absolute atomic E-state index is 0.0661. The monoisotopic (exact) mass is 234 g/mol. The molecule has 0 saturated carbocycles. The summed E-state index contributed by atoms with van der Waals surface area (Å²) < 4.78 is 0. The topological polar surface area (TPSA) is 38.9 Å². The molecule has 2 aromatic rings. The van der Waals surface area contributed by atoms with Crippen LogP contribution in [0.15, 0.2) is 24.4 Å². The molecule has 2 rings (SSSR count). The van der Waals surface area contributed by atoms with Crippen LogP contribution in [0.4, 0.5) is 5.82 Å². The lowest BCUT2D eigenvalue weighted by molar-refractivity contribution is 0.596. The number of fused-ring (bicyclic) bond motifs is 1. The van der Waals surface area contributed by atoms with E-state index in [9.17, 15) is 0 Å². The lowest BCUT2D eigenvalue weighted by Crippen LogP contribution is -2.11. The maximum atomic E-state index is 6.15. The largest absolute Gasteiger partial charge is 0.384 e. The van der Waals surface area contributed by atoms with Crippen molar-refractivity contribution < 1.29 is 0 Å². The van der Waals surface area contributed by atoms with E-state index in [0.29, 0.717) is 5.82 Å². The molecule has 0 aliphatic carbocycles. The Hall–Kier alpha value is -1.28. The third kappa shape index (κ3) is 1.85. The summed E-state index contributed by atoms with van der Waals surface area (Å²) in [6.45, 7) is 6.52. The molecule has 84 valence electrons. The molecule has 1 aromatic carbocycles. The SMILES string of the molecule is CC(C)(C)c1ccc(Cl)c2cnc(N)cc12. The minimum atomic E-state index is 0.0661. The molecule has 0 aliphatic heterocycles. The molecule has 0 aliphatic rings. The molecule has 0 unspecified atom stereocenters. The third-order valence-corrected chi connectivity index (χ3v) is 3.01. The van der Waals surface area contributed by atoms with Crippen LogP contribution in [0.5, 0.6) is 0 Å². The van der Waals surface area contributed by atoms with E-state index in [0.717, 1.165) is 15.8 Å². The molecule has 0 saturated heterocycles. The fourth-order valence-electron chi connectivity index (χ4n) is 1.87. The summed E-state index contributed by atoms with van der Waals surface area (Å²) in [6.07, 6.45) is 1.74. The van der Waals surface area contributed by atoms with Gasteiger partial charge in [-0.3, -0.25) is 0 Å². The summed E-state index contributed by atoms with van der Waals surface area (Å²) in [5.74, 6) is 0.528. The molecular formula is C13H15ClN2. The average Bonchev–Trinajstić information content (AvgIpc) is 2.15. The highest BCUT2D eigenvalue weighted by Gasteiger charge is 2.17. The van der Waals surface area contributed by atoms with Gasteiger partial charge in [-0.2, -0.15) is 0 Å². The number of rotatable bonds is 0. The van der Waals surface area contributed by atoms with Crippen LogP contribution in [0.2, 0.25) is 5.02 Å². The fourth-order valence-corrected chi connectivity index (χ4v) is 2.09. The quantitative estimate of drug-likeness (QED) is 0.754. The first kappa shape index (κ1) is 11.2. The highest BCUT2D eigenvalue weighted by Crippen LogP contribution is 2.33. The molecule has 0 bridgehead atoms. The molecule has 2 nitrogen and oxygen atoms in total. The standard InChI is InChI=1S/C13H15ClN2/c1-13(2,3)10-4-5-11(14)9-7-16-12(15)6-8(9)10/h4-7H,1-3H3,(H2,15,16). The Kier molecular flexibility index (Phi) is 2.55. The second-order valence-electron chi connectivity index (χ2n) is 5.00. The normalized spacial score (nSPS) is 12.0. The van der Waals surface area contributed by atoms with Gasteiger partial charge in [0.05, 0.1) is 0 Å². The van der Waals surface area contributed by atoms with E-state index in [1.807, 2.05) is 12.1 Å². The van der Waals surface area contributed by atoms with E-state index >= 15 is 0 Å². The molecule has 0 spiro atoms. The zero-order valence-corrected chi connectivity index (χ0v) is 10.5. The van der Waals surface area contributed by atoms with Gasteiger partial charge in [-0.05, 0) is 28.5 Å². The van der Waals surface area contributed by atoms with Gasteiger partial charge in [-0.15, -0.1) is 0 Å². The van der Waals surface area contributed by atoms with Crippen LogP contribution in [-0.4, -0.2) is 4.98 Å². The molecule has 16 heavy (non-hydrogen) atoms. The van der Waals surface area contributed by atoms with E-state index in [1.165, 1.54) is 5.56 Å². The summed E-state index contributed by atoms with van der Waals surface area (Å²) in [5.41, 5.74) is 7.04. The zero-order valence-electron chi connectivity index (χ0n) is 9.71. The minimum Gasteiger partial charge on any atom is -0.384 e. The number of pyridine rings is 1. The summed E-state index contributed by atoms with van der Waals surface area (Å²) in [7, 11) is 0. The maximum Gasteiger partial charge on any atom is 0.123 e. The first-order valence-corrected chi connectivity index (χ1v) is 5.61. The molecule has 2 N–H and O–H groups in total. The molecule has 1 aromatic heterocycles. The number of hydrogen-bond acceptors (Lipinski definition) is 2. The van der Waals surface area contributed by atoms with Gasteiger partial charge in [0.25, 0.3) is 0 Å². The van der Waals surface area contributed by atoms with Gasteiger partial charge in [0.2, 0.25) is 0 Å². The summed E-state index contributed by atoms with van der Waals surface area (Å²) >= 11 is 6.15. The van der Waals surface area contributed by atoms with Crippen LogP contribution in [-0.2, 0) is 5.41 Å². The molecule has 1 heterocycles. The van der Waals surface area contributed by atoms with Crippen molar-refractivity contribution in [2.75, 3.05) is 5.73 Å². The lowest BCUT2D eigenvalue weighted by atomic mass is 9.84. The summed E-state index contributed by atoms with van der Waals surface area (Å²) in [6, 6.07) is 5.87. The molecule has 0 fully saturated rings.